The third kappa shape index (κ3) is 2.57. The Bertz CT molecular complexity index is 614. The molecule has 3 nitrogen and oxygen atoms in total. The minimum absolute atomic E-state index is 0.496. The van der Waals surface area contributed by atoms with E-state index in [0.717, 1.165) is 22.1 Å². The van der Waals surface area contributed by atoms with Crippen LogP contribution in [0.25, 0.3) is 11.4 Å². The van der Waals surface area contributed by atoms with Gasteiger partial charge in [-0.05, 0) is 31.0 Å². The smallest absolute Gasteiger partial charge is 0.195 e. The predicted molar refractivity (Wildman–Crippen MR) is 84.1 cm³/mol. The minimum Gasteiger partial charge on any atom is -0.297 e. The molecule has 2 aromatic rings. The van der Waals surface area contributed by atoms with Crippen LogP contribution < -0.4 is 0 Å². The van der Waals surface area contributed by atoms with Crippen LogP contribution in [0.15, 0.2) is 30.3 Å². The molecule has 3 rings (SSSR count). The highest BCUT2D eigenvalue weighted by Gasteiger charge is 2.25. The van der Waals surface area contributed by atoms with Crippen molar-refractivity contribution in [1.29, 1.82) is 0 Å². The summed E-state index contributed by atoms with van der Waals surface area (Å²) >= 11 is 5.47. The molecule has 1 saturated carbocycles. The number of nitrogens with zero attached hydrogens (tertiary/aromatic N) is 2. The van der Waals surface area contributed by atoms with Crippen LogP contribution in [0.1, 0.15) is 45.1 Å². The van der Waals surface area contributed by atoms with Crippen LogP contribution >= 0.6 is 12.2 Å². The van der Waals surface area contributed by atoms with Crippen molar-refractivity contribution in [2.75, 3.05) is 0 Å². The molecule has 2 atom stereocenters. The molecule has 1 N–H and O–H groups in total. The van der Waals surface area contributed by atoms with Crippen LogP contribution in [-0.4, -0.2) is 14.8 Å². The van der Waals surface area contributed by atoms with Crippen LogP contribution in [0.4, 0.5) is 0 Å². The van der Waals surface area contributed by atoms with Gasteiger partial charge in [-0.2, -0.15) is 5.10 Å². The summed E-state index contributed by atoms with van der Waals surface area (Å²) in [5.74, 6) is 1.81. The van der Waals surface area contributed by atoms with Crippen molar-refractivity contribution in [2.45, 2.75) is 45.1 Å². The van der Waals surface area contributed by atoms with Crippen molar-refractivity contribution in [1.82, 2.24) is 14.8 Å². The molecule has 2 unspecified atom stereocenters. The van der Waals surface area contributed by atoms with E-state index in [1.54, 1.807) is 0 Å². The Labute approximate surface area is 125 Å². The number of hydrogen-bond donors (Lipinski definition) is 1. The first kappa shape index (κ1) is 13.6. The van der Waals surface area contributed by atoms with E-state index in [4.69, 9.17) is 12.2 Å². The topological polar surface area (TPSA) is 33.6 Å². The molecule has 1 aliphatic rings. The molecule has 0 bridgehead atoms. The van der Waals surface area contributed by atoms with Crippen molar-refractivity contribution in [3.05, 3.63) is 35.1 Å². The maximum atomic E-state index is 5.47. The van der Waals surface area contributed by atoms with Gasteiger partial charge < -0.3 is 0 Å². The summed E-state index contributed by atoms with van der Waals surface area (Å²) in [6, 6.07) is 10.8. The summed E-state index contributed by atoms with van der Waals surface area (Å²) in [6.07, 6.45) is 6.36. The molecule has 1 fully saturated rings. The molecule has 1 aromatic heterocycles. The second-order valence-corrected chi connectivity index (χ2v) is 6.07. The monoisotopic (exact) mass is 287 g/mol. The fourth-order valence-corrected chi connectivity index (χ4v) is 3.58. The van der Waals surface area contributed by atoms with Gasteiger partial charge in [-0.15, -0.1) is 0 Å². The Balaban J connectivity index is 1.97. The van der Waals surface area contributed by atoms with Crippen molar-refractivity contribution < 1.29 is 0 Å². The van der Waals surface area contributed by atoms with Crippen LogP contribution in [-0.2, 0) is 0 Å². The van der Waals surface area contributed by atoms with Crippen molar-refractivity contribution in [3.63, 3.8) is 0 Å². The van der Waals surface area contributed by atoms with Gasteiger partial charge in [-0.25, -0.2) is 0 Å². The van der Waals surface area contributed by atoms with E-state index in [1.807, 2.05) is 18.2 Å². The Morgan fingerprint density at radius 2 is 2.10 bits per heavy atom. The lowest BCUT2D eigenvalue weighted by molar-refractivity contribution is 0.261. The van der Waals surface area contributed by atoms with E-state index < -0.39 is 0 Å². The normalized spacial score (nSPS) is 22.9. The Kier molecular flexibility index (Phi) is 4.01. The Morgan fingerprint density at radius 1 is 1.30 bits per heavy atom. The first-order chi connectivity index (χ1) is 9.79. The van der Waals surface area contributed by atoms with Gasteiger partial charge in [-0.3, -0.25) is 9.67 Å². The van der Waals surface area contributed by atoms with Gasteiger partial charge >= 0.3 is 0 Å². The molecule has 0 spiro atoms. The number of aromatic nitrogens is 3. The molecule has 4 heteroatoms. The van der Waals surface area contributed by atoms with Gasteiger partial charge in [0.2, 0.25) is 0 Å². The molecule has 1 aromatic carbocycles. The maximum absolute atomic E-state index is 5.47. The lowest BCUT2D eigenvalue weighted by Gasteiger charge is -2.30. The zero-order valence-corrected chi connectivity index (χ0v) is 12.7. The lowest BCUT2D eigenvalue weighted by Crippen LogP contribution is -2.19. The average Bonchev–Trinajstić information content (AvgIpc) is 2.90. The molecule has 0 radical (unpaired) electrons. The number of H-pyrrole nitrogens is 1. The van der Waals surface area contributed by atoms with Gasteiger partial charge in [0, 0.05) is 11.6 Å². The van der Waals surface area contributed by atoms with E-state index in [-0.39, 0.29) is 0 Å². The van der Waals surface area contributed by atoms with Crippen LogP contribution in [0.3, 0.4) is 0 Å². The highest BCUT2D eigenvalue weighted by Crippen LogP contribution is 2.36. The van der Waals surface area contributed by atoms with Crippen molar-refractivity contribution in [3.8, 4) is 11.4 Å². The lowest BCUT2D eigenvalue weighted by atomic mass is 9.84. The Hall–Kier alpha value is -1.42. The van der Waals surface area contributed by atoms with Crippen LogP contribution in [0.2, 0.25) is 0 Å². The van der Waals surface area contributed by atoms with E-state index in [1.165, 1.54) is 32.1 Å². The summed E-state index contributed by atoms with van der Waals surface area (Å²) in [7, 11) is 0. The van der Waals surface area contributed by atoms with Crippen LogP contribution in [0.5, 0.6) is 0 Å². The van der Waals surface area contributed by atoms with Crippen molar-refractivity contribution >= 4 is 12.2 Å². The van der Waals surface area contributed by atoms with E-state index in [9.17, 15) is 0 Å². The number of aromatic amines is 1. The first-order valence-electron chi connectivity index (χ1n) is 7.52. The molecule has 0 saturated heterocycles. The third-order valence-corrected chi connectivity index (χ3v) is 4.72. The summed E-state index contributed by atoms with van der Waals surface area (Å²) in [4.78, 5) is 0. The molecule has 106 valence electrons. The molecule has 0 amide bonds. The maximum Gasteiger partial charge on any atom is 0.195 e. The quantitative estimate of drug-likeness (QED) is 0.827. The molecular formula is C16H21N3S. The fourth-order valence-electron chi connectivity index (χ4n) is 3.30. The standard InChI is InChI=1S/C16H21N3S/c1-2-12-7-6-10-14(11-12)19-15(17-18-16(19)20)13-8-4-3-5-9-13/h3-5,8-9,12,14H,2,6-7,10-11H2,1H3,(H,18,20). The summed E-state index contributed by atoms with van der Waals surface area (Å²) in [5, 5.41) is 7.44. The zero-order valence-electron chi connectivity index (χ0n) is 11.9. The fraction of sp³-hybridized carbons (Fsp3) is 0.500. The molecular weight excluding hydrogens is 266 g/mol. The van der Waals surface area contributed by atoms with E-state index >= 15 is 0 Å². The highest BCUT2D eigenvalue weighted by atomic mass is 32.1. The predicted octanol–water partition coefficient (Wildman–Crippen LogP) is 4.75. The van der Waals surface area contributed by atoms with Gasteiger partial charge in [-0.1, -0.05) is 56.5 Å². The average molecular weight is 287 g/mol. The highest BCUT2D eigenvalue weighted by molar-refractivity contribution is 7.71. The first-order valence-corrected chi connectivity index (χ1v) is 7.92. The van der Waals surface area contributed by atoms with Gasteiger partial charge in [0.1, 0.15) is 0 Å². The van der Waals surface area contributed by atoms with E-state index in [2.05, 4.69) is 33.8 Å². The Morgan fingerprint density at radius 3 is 2.85 bits per heavy atom. The summed E-state index contributed by atoms with van der Waals surface area (Å²) in [6.45, 7) is 2.29. The third-order valence-electron chi connectivity index (χ3n) is 4.43. The number of rotatable bonds is 3. The zero-order chi connectivity index (χ0) is 13.9. The minimum atomic E-state index is 0.496. The number of hydrogen-bond acceptors (Lipinski definition) is 2. The molecule has 1 aliphatic carbocycles. The largest absolute Gasteiger partial charge is 0.297 e. The second-order valence-electron chi connectivity index (χ2n) is 5.68. The number of nitrogens with one attached hydrogen (secondary N) is 1. The van der Waals surface area contributed by atoms with Crippen molar-refractivity contribution in [2.24, 2.45) is 5.92 Å². The van der Waals surface area contributed by atoms with Gasteiger partial charge in [0.15, 0.2) is 10.6 Å². The summed E-state index contributed by atoms with van der Waals surface area (Å²) < 4.78 is 3.00. The number of benzene rings is 1. The van der Waals surface area contributed by atoms with E-state index in [0.29, 0.717) is 6.04 Å². The molecule has 20 heavy (non-hydrogen) atoms. The van der Waals surface area contributed by atoms with Gasteiger partial charge in [0.05, 0.1) is 0 Å². The second kappa shape index (κ2) is 5.92. The van der Waals surface area contributed by atoms with Gasteiger partial charge in [0.25, 0.3) is 0 Å². The summed E-state index contributed by atoms with van der Waals surface area (Å²) in [5.41, 5.74) is 1.14. The molecule has 1 heterocycles. The van der Waals surface area contributed by atoms with Crippen LogP contribution in [0, 0.1) is 10.7 Å². The SMILES string of the molecule is CCC1CCCC(n2c(-c3ccccc3)n[nH]c2=S)C1. The molecule has 0 aliphatic heterocycles.